The maximum absolute atomic E-state index is 8.99. The number of benzene rings is 3. The summed E-state index contributed by atoms with van der Waals surface area (Å²) >= 11 is 0. The maximum Gasteiger partial charge on any atom is 0.119 e. The highest BCUT2D eigenvalue weighted by Gasteiger charge is 2.11. The lowest BCUT2D eigenvalue weighted by Crippen LogP contribution is -2.24. The minimum absolute atomic E-state index is 0.151. The fourth-order valence-electron chi connectivity index (χ4n) is 3.20. The predicted molar refractivity (Wildman–Crippen MR) is 122 cm³/mol. The molecule has 4 rings (SSSR count). The standard InChI is InChI=1S/C24H25N5O2/c1-31-24-15-9-19(10-16-24)26-29(22-7-3-2-4-8-22)23-13-11-21(12-14-23)28-18-20(25-27-28)6-5-17-30/h2-4,7-16,18,26,30H,5-6,17H2,1H3. The molecular formula is C24H25N5O2. The number of hydrogen-bond acceptors (Lipinski definition) is 6. The van der Waals surface area contributed by atoms with Crippen molar-refractivity contribution in [3.05, 3.63) is 90.8 Å². The summed E-state index contributed by atoms with van der Waals surface area (Å²) in [6, 6.07) is 26.0. The molecule has 1 heterocycles. The molecule has 0 fully saturated rings. The van der Waals surface area contributed by atoms with Crippen LogP contribution in [-0.4, -0.2) is 33.8 Å². The fraction of sp³-hybridized carbons (Fsp3) is 0.167. The third-order valence-corrected chi connectivity index (χ3v) is 4.85. The molecule has 7 nitrogen and oxygen atoms in total. The van der Waals surface area contributed by atoms with Crippen LogP contribution in [0, 0.1) is 0 Å². The Balaban J connectivity index is 1.58. The average Bonchev–Trinajstić information content (AvgIpc) is 3.31. The zero-order valence-electron chi connectivity index (χ0n) is 17.3. The van der Waals surface area contributed by atoms with Crippen LogP contribution in [0.3, 0.4) is 0 Å². The van der Waals surface area contributed by atoms with Crippen LogP contribution in [0.4, 0.5) is 17.1 Å². The van der Waals surface area contributed by atoms with Crippen molar-refractivity contribution >= 4 is 17.1 Å². The van der Waals surface area contributed by atoms with Crippen molar-refractivity contribution in [2.45, 2.75) is 12.8 Å². The largest absolute Gasteiger partial charge is 0.497 e. The summed E-state index contributed by atoms with van der Waals surface area (Å²) < 4.78 is 7.01. The van der Waals surface area contributed by atoms with Crippen LogP contribution < -0.4 is 15.2 Å². The number of aliphatic hydroxyl groups excluding tert-OH is 1. The van der Waals surface area contributed by atoms with E-state index in [1.807, 2.05) is 77.9 Å². The Hall–Kier alpha value is -3.84. The van der Waals surface area contributed by atoms with Gasteiger partial charge in [0, 0.05) is 6.61 Å². The normalized spacial score (nSPS) is 10.6. The van der Waals surface area contributed by atoms with E-state index in [4.69, 9.17) is 9.84 Å². The first kappa shape index (κ1) is 20.4. The average molecular weight is 415 g/mol. The second kappa shape index (κ2) is 9.77. The molecule has 0 aliphatic rings. The molecule has 158 valence electrons. The van der Waals surface area contributed by atoms with Gasteiger partial charge in [-0.15, -0.1) is 5.10 Å². The summed E-state index contributed by atoms with van der Waals surface area (Å²) in [4.78, 5) is 0. The number of methoxy groups -OCH3 is 1. The van der Waals surface area contributed by atoms with Crippen LogP contribution in [0.5, 0.6) is 5.75 Å². The molecule has 0 amide bonds. The topological polar surface area (TPSA) is 75.4 Å². The molecule has 2 N–H and O–H groups in total. The van der Waals surface area contributed by atoms with Gasteiger partial charge in [0.1, 0.15) is 5.75 Å². The predicted octanol–water partition coefficient (Wildman–Crippen LogP) is 4.37. The van der Waals surface area contributed by atoms with Crippen molar-refractivity contribution in [1.29, 1.82) is 0 Å². The minimum Gasteiger partial charge on any atom is -0.497 e. The van der Waals surface area contributed by atoms with Gasteiger partial charge < -0.3 is 9.84 Å². The first-order chi connectivity index (χ1) is 15.3. The highest BCUT2D eigenvalue weighted by atomic mass is 16.5. The number of hydrazine groups is 1. The van der Waals surface area contributed by atoms with E-state index >= 15 is 0 Å². The van der Waals surface area contributed by atoms with E-state index in [0.29, 0.717) is 12.8 Å². The molecule has 7 heteroatoms. The molecule has 1 aromatic heterocycles. The van der Waals surface area contributed by atoms with Gasteiger partial charge in [-0.2, -0.15) is 0 Å². The number of aryl methyl sites for hydroxylation is 1. The van der Waals surface area contributed by atoms with Crippen molar-refractivity contribution < 1.29 is 9.84 Å². The van der Waals surface area contributed by atoms with Crippen LogP contribution in [0.15, 0.2) is 85.1 Å². The number of hydrogen-bond donors (Lipinski definition) is 2. The van der Waals surface area contributed by atoms with Gasteiger partial charge in [-0.3, -0.25) is 10.4 Å². The highest BCUT2D eigenvalue weighted by Crippen LogP contribution is 2.27. The van der Waals surface area contributed by atoms with E-state index in [1.54, 1.807) is 11.8 Å². The number of ether oxygens (including phenoxy) is 1. The molecule has 0 bridgehead atoms. The van der Waals surface area contributed by atoms with Crippen molar-refractivity contribution in [3.8, 4) is 11.4 Å². The maximum atomic E-state index is 8.99. The molecule has 0 saturated carbocycles. The number of nitrogens with one attached hydrogen (secondary N) is 1. The molecule has 3 aromatic carbocycles. The second-order valence-electron chi connectivity index (χ2n) is 7.01. The Morgan fingerprint density at radius 3 is 2.32 bits per heavy atom. The lowest BCUT2D eigenvalue weighted by molar-refractivity contribution is 0.288. The summed E-state index contributed by atoms with van der Waals surface area (Å²) in [5.41, 5.74) is 8.19. The van der Waals surface area contributed by atoms with Crippen molar-refractivity contribution in [2.75, 3.05) is 24.2 Å². The van der Waals surface area contributed by atoms with Crippen molar-refractivity contribution in [1.82, 2.24) is 15.0 Å². The number of aromatic nitrogens is 3. The first-order valence-electron chi connectivity index (χ1n) is 10.2. The molecule has 0 aliphatic carbocycles. The molecule has 0 saturated heterocycles. The number of aliphatic hydroxyl groups is 1. The van der Waals surface area contributed by atoms with Gasteiger partial charge in [-0.25, -0.2) is 4.68 Å². The van der Waals surface area contributed by atoms with Gasteiger partial charge >= 0.3 is 0 Å². The van der Waals surface area contributed by atoms with Crippen LogP contribution in [-0.2, 0) is 6.42 Å². The third kappa shape index (κ3) is 5.02. The summed E-state index contributed by atoms with van der Waals surface area (Å²) in [7, 11) is 1.66. The second-order valence-corrected chi connectivity index (χ2v) is 7.01. The Kier molecular flexibility index (Phi) is 6.44. The van der Waals surface area contributed by atoms with Crippen LogP contribution in [0.25, 0.3) is 5.69 Å². The third-order valence-electron chi connectivity index (χ3n) is 4.85. The Labute approximate surface area is 181 Å². The Morgan fingerprint density at radius 2 is 1.65 bits per heavy atom. The molecular weight excluding hydrogens is 390 g/mol. The number of para-hydroxylation sites is 1. The minimum atomic E-state index is 0.151. The molecule has 0 radical (unpaired) electrons. The van der Waals surface area contributed by atoms with Crippen LogP contribution in [0.2, 0.25) is 0 Å². The summed E-state index contributed by atoms with van der Waals surface area (Å²) in [5.74, 6) is 0.812. The van der Waals surface area contributed by atoms with Gasteiger partial charge in [0.2, 0.25) is 0 Å². The van der Waals surface area contributed by atoms with Gasteiger partial charge in [0.05, 0.1) is 41.8 Å². The van der Waals surface area contributed by atoms with E-state index < -0.39 is 0 Å². The van der Waals surface area contributed by atoms with Crippen molar-refractivity contribution in [3.63, 3.8) is 0 Å². The quantitative estimate of drug-likeness (QED) is 0.396. The smallest absolute Gasteiger partial charge is 0.119 e. The van der Waals surface area contributed by atoms with E-state index in [9.17, 15) is 0 Å². The SMILES string of the molecule is COc1ccc(NN(c2ccccc2)c2ccc(-n3cc(CCCO)nn3)cc2)cc1. The Bertz CT molecular complexity index is 1080. The number of nitrogens with zero attached hydrogens (tertiary/aromatic N) is 4. The summed E-state index contributed by atoms with van der Waals surface area (Å²) in [6.45, 7) is 0.151. The molecule has 4 aromatic rings. The van der Waals surface area contributed by atoms with E-state index in [0.717, 1.165) is 34.2 Å². The number of anilines is 3. The molecule has 0 unspecified atom stereocenters. The molecule has 0 atom stereocenters. The lowest BCUT2D eigenvalue weighted by Gasteiger charge is -2.27. The molecule has 0 spiro atoms. The van der Waals surface area contributed by atoms with E-state index in [1.165, 1.54) is 0 Å². The monoisotopic (exact) mass is 415 g/mol. The lowest BCUT2D eigenvalue weighted by atomic mass is 10.2. The van der Waals surface area contributed by atoms with Crippen LogP contribution in [0.1, 0.15) is 12.1 Å². The zero-order chi connectivity index (χ0) is 21.5. The van der Waals surface area contributed by atoms with E-state index in [-0.39, 0.29) is 6.61 Å². The Morgan fingerprint density at radius 1 is 0.935 bits per heavy atom. The summed E-state index contributed by atoms with van der Waals surface area (Å²) in [6.07, 6.45) is 3.29. The first-order valence-corrected chi connectivity index (χ1v) is 10.2. The van der Waals surface area contributed by atoms with Gasteiger partial charge in [0.15, 0.2) is 0 Å². The van der Waals surface area contributed by atoms with Crippen molar-refractivity contribution in [2.24, 2.45) is 0 Å². The highest BCUT2D eigenvalue weighted by molar-refractivity contribution is 5.69. The van der Waals surface area contributed by atoms with Gasteiger partial charge in [-0.05, 0) is 73.5 Å². The fourth-order valence-corrected chi connectivity index (χ4v) is 3.20. The summed E-state index contributed by atoms with van der Waals surface area (Å²) in [5, 5.41) is 19.4. The van der Waals surface area contributed by atoms with Gasteiger partial charge in [-0.1, -0.05) is 23.4 Å². The van der Waals surface area contributed by atoms with Gasteiger partial charge in [0.25, 0.3) is 0 Å². The molecule has 31 heavy (non-hydrogen) atoms. The molecule has 0 aliphatic heterocycles. The number of rotatable bonds is 9. The van der Waals surface area contributed by atoms with E-state index in [2.05, 4.69) is 27.9 Å². The van der Waals surface area contributed by atoms with Crippen LogP contribution >= 0.6 is 0 Å². The zero-order valence-corrected chi connectivity index (χ0v) is 17.3.